The summed E-state index contributed by atoms with van der Waals surface area (Å²) in [4.78, 5) is 2.41. The fraction of sp³-hybridized carbons (Fsp3) is 0. The second-order valence-corrected chi connectivity index (χ2v) is 12.5. The van der Waals surface area contributed by atoms with Gasteiger partial charge in [0.25, 0.3) is 0 Å². The van der Waals surface area contributed by atoms with Crippen molar-refractivity contribution in [3.8, 4) is 11.1 Å². The molecule has 2 heteroatoms. The molecule has 0 N–H and O–H groups in total. The minimum absolute atomic E-state index is 1.13. The van der Waals surface area contributed by atoms with Gasteiger partial charge >= 0.3 is 0 Å². The van der Waals surface area contributed by atoms with Crippen LogP contribution in [-0.4, -0.2) is 0 Å². The Morgan fingerprint density at radius 1 is 0.341 bits per heavy atom. The molecular formula is C42H27NS. The van der Waals surface area contributed by atoms with Crippen LogP contribution in [0.5, 0.6) is 0 Å². The van der Waals surface area contributed by atoms with E-state index in [1.54, 1.807) is 0 Å². The molecule has 1 heterocycles. The Morgan fingerprint density at radius 3 is 1.86 bits per heavy atom. The number of benzene rings is 8. The molecule has 0 saturated heterocycles. The molecule has 1 nitrogen and oxygen atoms in total. The summed E-state index contributed by atoms with van der Waals surface area (Å²) in [6.07, 6.45) is 0. The lowest BCUT2D eigenvalue weighted by molar-refractivity contribution is 1.30. The van der Waals surface area contributed by atoms with Gasteiger partial charge in [-0.05, 0) is 92.0 Å². The van der Waals surface area contributed by atoms with Crippen molar-refractivity contribution in [2.75, 3.05) is 4.90 Å². The van der Waals surface area contributed by atoms with Crippen LogP contribution >= 0.6 is 11.3 Å². The van der Waals surface area contributed by atoms with E-state index < -0.39 is 0 Å². The van der Waals surface area contributed by atoms with Crippen molar-refractivity contribution in [3.05, 3.63) is 164 Å². The van der Waals surface area contributed by atoms with Crippen LogP contribution in [0.3, 0.4) is 0 Å². The van der Waals surface area contributed by atoms with E-state index in [-0.39, 0.29) is 0 Å². The second-order valence-electron chi connectivity index (χ2n) is 11.4. The summed E-state index contributed by atoms with van der Waals surface area (Å²) < 4.78 is 2.63. The molecule has 0 aliphatic heterocycles. The van der Waals surface area contributed by atoms with Crippen LogP contribution in [0.4, 0.5) is 17.1 Å². The van der Waals surface area contributed by atoms with Crippen molar-refractivity contribution >= 4 is 80.9 Å². The number of thiophene rings is 1. The van der Waals surface area contributed by atoms with E-state index in [0.717, 1.165) is 17.1 Å². The summed E-state index contributed by atoms with van der Waals surface area (Å²) in [5, 5.41) is 10.2. The van der Waals surface area contributed by atoms with E-state index in [1.807, 2.05) is 11.3 Å². The molecule has 0 aliphatic rings. The van der Waals surface area contributed by atoms with Crippen molar-refractivity contribution in [3.63, 3.8) is 0 Å². The van der Waals surface area contributed by atoms with Gasteiger partial charge in [0.05, 0.1) is 0 Å². The van der Waals surface area contributed by atoms with Gasteiger partial charge in [0.1, 0.15) is 0 Å². The summed E-state index contributed by atoms with van der Waals surface area (Å²) in [6, 6.07) is 59.9. The van der Waals surface area contributed by atoms with Gasteiger partial charge in [0.2, 0.25) is 0 Å². The average Bonchev–Trinajstić information content (AvgIpc) is 3.46. The summed E-state index contributed by atoms with van der Waals surface area (Å²) in [5.41, 5.74) is 5.87. The quantitative estimate of drug-likeness (QED) is 0.188. The largest absolute Gasteiger partial charge is 0.310 e. The molecule has 0 fully saturated rings. The van der Waals surface area contributed by atoms with Gasteiger partial charge in [0.15, 0.2) is 0 Å². The highest BCUT2D eigenvalue weighted by Crippen LogP contribution is 2.43. The number of nitrogens with zero attached hydrogens (tertiary/aromatic N) is 1. The molecule has 0 saturated carbocycles. The third kappa shape index (κ3) is 4.07. The van der Waals surface area contributed by atoms with Gasteiger partial charge in [-0.1, -0.05) is 115 Å². The van der Waals surface area contributed by atoms with Gasteiger partial charge in [-0.3, -0.25) is 0 Å². The molecule has 9 rings (SSSR count). The number of hydrogen-bond acceptors (Lipinski definition) is 2. The van der Waals surface area contributed by atoms with Crippen LogP contribution < -0.4 is 4.90 Å². The van der Waals surface area contributed by atoms with Gasteiger partial charge < -0.3 is 4.90 Å². The van der Waals surface area contributed by atoms with Crippen molar-refractivity contribution in [2.45, 2.75) is 0 Å². The normalized spacial score (nSPS) is 11.6. The topological polar surface area (TPSA) is 3.24 Å². The number of fused-ring (bicyclic) bond motifs is 7. The Morgan fingerprint density at radius 2 is 0.955 bits per heavy atom. The summed E-state index contributed by atoms with van der Waals surface area (Å²) in [7, 11) is 0. The highest BCUT2D eigenvalue weighted by molar-refractivity contribution is 7.25. The predicted octanol–water partition coefficient (Wildman–Crippen LogP) is 12.7. The smallest absolute Gasteiger partial charge is 0.0468 e. The van der Waals surface area contributed by atoms with Gasteiger partial charge in [-0.2, -0.15) is 0 Å². The molecule has 1 aromatic heterocycles. The number of anilines is 3. The van der Waals surface area contributed by atoms with Crippen LogP contribution in [0.1, 0.15) is 0 Å². The molecule has 0 radical (unpaired) electrons. The average molecular weight is 578 g/mol. The van der Waals surface area contributed by atoms with E-state index in [4.69, 9.17) is 0 Å². The zero-order valence-electron chi connectivity index (χ0n) is 23.9. The maximum Gasteiger partial charge on any atom is 0.0468 e. The van der Waals surface area contributed by atoms with E-state index >= 15 is 0 Å². The standard InChI is InChI=1S/C42H27NS/c1-3-14-35-28(9-1)11-8-17-37(35)30-12-7-13-32(25-30)43(34-22-24-42-40(27-34)39-16-5-6-18-41(39)44-42)33-21-23-38-31(26-33)20-19-29-10-2-4-15-36(29)38/h1-27H. The zero-order valence-corrected chi connectivity index (χ0v) is 24.8. The molecular weight excluding hydrogens is 551 g/mol. The first-order valence-corrected chi connectivity index (χ1v) is 15.8. The summed E-state index contributed by atoms with van der Waals surface area (Å²) in [5.74, 6) is 0. The lowest BCUT2D eigenvalue weighted by Crippen LogP contribution is -2.10. The van der Waals surface area contributed by atoms with E-state index in [1.165, 1.54) is 63.6 Å². The van der Waals surface area contributed by atoms with Crippen LogP contribution in [0, 0.1) is 0 Å². The van der Waals surface area contributed by atoms with Crippen LogP contribution in [0.2, 0.25) is 0 Å². The third-order valence-electron chi connectivity index (χ3n) is 8.81. The first-order chi connectivity index (χ1) is 21.8. The predicted molar refractivity (Wildman–Crippen MR) is 192 cm³/mol. The minimum atomic E-state index is 1.13. The van der Waals surface area contributed by atoms with Crippen LogP contribution in [0.15, 0.2) is 164 Å². The zero-order chi connectivity index (χ0) is 29.0. The lowest BCUT2D eigenvalue weighted by Gasteiger charge is -2.27. The Labute approximate surface area is 259 Å². The molecule has 9 aromatic rings. The summed E-state index contributed by atoms with van der Waals surface area (Å²) >= 11 is 1.86. The van der Waals surface area contributed by atoms with E-state index in [2.05, 4.69) is 169 Å². The van der Waals surface area contributed by atoms with Crippen molar-refractivity contribution < 1.29 is 0 Å². The molecule has 0 aliphatic carbocycles. The maximum atomic E-state index is 2.41. The molecule has 44 heavy (non-hydrogen) atoms. The second kappa shape index (κ2) is 10.1. The molecule has 206 valence electrons. The monoisotopic (exact) mass is 577 g/mol. The van der Waals surface area contributed by atoms with Gasteiger partial charge in [-0.25, -0.2) is 0 Å². The minimum Gasteiger partial charge on any atom is -0.310 e. The molecule has 0 atom stereocenters. The van der Waals surface area contributed by atoms with Crippen LogP contribution in [0.25, 0.3) is 63.6 Å². The van der Waals surface area contributed by atoms with Crippen molar-refractivity contribution in [1.82, 2.24) is 0 Å². The Bertz CT molecular complexity index is 2520. The first kappa shape index (κ1) is 25.1. The van der Waals surface area contributed by atoms with Gasteiger partial charge in [-0.15, -0.1) is 11.3 Å². The summed E-state index contributed by atoms with van der Waals surface area (Å²) in [6.45, 7) is 0. The highest BCUT2D eigenvalue weighted by atomic mass is 32.1. The van der Waals surface area contributed by atoms with E-state index in [9.17, 15) is 0 Å². The fourth-order valence-electron chi connectivity index (χ4n) is 6.73. The van der Waals surface area contributed by atoms with Gasteiger partial charge in [0, 0.05) is 37.2 Å². The highest BCUT2D eigenvalue weighted by Gasteiger charge is 2.17. The Kier molecular flexibility index (Phi) is 5.75. The molecule has 0 amide bonds. The van der Waals surface area contributed by atoms with Crippen LogP contribution in [-0.2, 0) is 0 Å². The molecule has 0 spiro atoms. The van der Waals surface area contributed by atoms with E-state index in [0.29, 0.717) is 0 Å². The Hall–Kier alpha value is -5.44. The number of hydrogen-bond donors (Lipinski definition) is 0. The van der Waals surface area contributed by atoms with Crippen molar-refractivity contribution in [1.29, 1.82) is 0 Å². The molecule has 0 bridgehead atoms. The Balaban J connectivity index is 1.27. The fourth-order valence-corrected chi connectivity index (χ4v) is 7.82. The third-order valence-corrected chi connectivity index (χ3v) is 9.96. The maximum absolute atomic E-state index is 2.41. The SMILES string of the molecule is c1cc(-c2cccc3ccccc23)cc(N(c2ccc3c(ccc4ccccc43)c2)c2ccc3sc4ccccc4c3c2)c1. The lowest BCUT2D eigenvalue weighted by atomic mass is 9.97. The molecule has 0 unspecified atom stereocenters. The molecule has 8 aromatic carbocycles. The van der Waals surface area contributed by atoms with Crippen molar-refractivity contribution in [2.24, 2.45) is 0 Å². The number of rotatable bonds is 4. The first-order valence-electron chi connectivity index (χ1n) is 15.0.